The summed E-state index contributed by atoms with van der Waals surface area (Å²) in [6.45, 7) is 1.92. The Morgan fingerprint density at radius 1 is 1.08 bits per heavy atom. The zero-order chi connectivity index (χ0) is 17.5. The van der Waals surface area contributed by atoms with E-state index in [1.807, 2.05) is 19.1 Å². The first kappa shape index (κ1) is 16.7. The van der Waals surface area contributed by atoms with Gasteiger partial charge in [-0.2, -0.15) is 0 Å². The van der Waals surface area contributed by atoms with Crippen LogP contribution in [-0.4, -0.2) is 19.2 Å². The van der Waals surface area contributed by atoms with Crippen LogP contribution < -0.4 is 5.56 Å². The molecule has 0 spiro atoms. The highest BCUT2D eigenvalue weighted by molar-refractivity contribution is 7.90. The summed E-state index contributed by atoms with van der Waals surface area (Å²) in [6.07, 6.45) is 1.71. The molecule has 24 heavy (non-hydrogen) atoms. The Labute approximate surface area is 145 Å². The Morgan fingerprint density at radius 3 is 2.46 bits per heavy atom. The van der Waals surface area contributed by atoms with Crippen molar-refractivity contribution in [3.8, 4) is 5.69 Å². The molecule has 3 rings (SSSR count). The predicted octanol–water partition coefficient (Wildman–Crippen LogP) is 3.61. The van der Waals surface area contributed by atoms with Gasteiger partial charge < -0.3 is 0 Å². The SMILES string of the molecule is CCc1cc2cccc(Cl)c2c(=O)n1-c1ccccc1S(C)(=O)=O. The van der Waals surface area contributed by atoms with E-state index in [4.69, 9.17) is 11.6 Å². The highest BCUT2D eigenvalue weighted by atomic mass is 35.5. The number of benzene rings is 2. The Hall–Kier alpha value is -2.11. The number of aryl methyl sites for hydroxylation is 1. The summed E-state index contributed by atoms with van der Waals surface area (Å²) >= 11 is 6.22. The average molecular weight is 362 g/mol. The summed E-state index contributed by atoms with van der Waals surface area (Å²) in [5.74, 6) is 0. The second-order valence-electron chi connectivity index (χ2n) is 5.57. The molecule has 0 aliphatic heterocycles. The van der Waals surface area contributed by atoms with Crippen LogP contribution in [0.2, 0.25) is 5.02 Å². The quantitative estimate of drug-likeness (QED) is 0.716. The molecule has 6 heteroatoms. The van der Waals surface area contributed by atoms with Gasteiger partial charge in [0.25, 0.3) is 5.56 Å². The van der Waals surface area contributed by atoms with Crippen LogP contribution in [0.5, 0.6) is 0 Å². The van der Waals surface area contributed by atoms with Gasteiger partial charge in [0, 0.05) is 11.9 Å². The number of nitrogens with zero attached hydrogens (tertiary/aromatic N) is 1. The van der Waals surface area contributed by atoms with Crippen molar-refractivity contribution in [3.05, 3.63) is 69.6 Å². The van der Waals surface area contributed by atoms with Gasteiger partial charge in [0.05, 0.1) is 21.0 Å². The highest BCUT2D eigenvalue weighted by Gasteiger charge is 2.19. The van der Waals surface area contributed by atoms with Crippen LogP contribution in [0.1, 0.15) is 12.6 Å². The van der Waals surface area contributed by atoms with Crippen LogP contribution >= 0.6 is 11.6 Å². The van der Waals surface area contributed by atoms with E-state index in [-0.39, 0.29) is 10.5 Å². The minimum atomic E-state index is -3.48. The molecule has 0 unspecified atom stereocenters. The van der Waals surface area contributed by atoms with Crippen LogP contribution in [0.3, 0.4) is 0 Å². The molecular weight excluding hydrogens is 346 g/mol. The van der Waals surface area contributed by atoms with Crippen molar-refractivity contribution in [1.82, 2.24) is 4.57 Å². The first-order valence-electron chi connectivity index (χ1n) is 7.47. The molecule has 0 saturated heterocycles. The van der Waals surface area contributed by atoms with E-state index in [9.17, 15) is 13.2 Å². The van der Waals surface area contributed by atoms with Gasteiger partial charge in [-0.25, -0.2) is 8.42 Å². The van der Waals surface area contributed by atoms with Gasteiger partial charge in [-0.3, -0.25) is 9.36 Å². The van der Waals surface area contributed by atoms with Crippen molar-refractivity contribution in [1.29, 1.82) is 0 Å². The van der Waals surface area contributed by atoms with E-state index >= 15 is 0 Å². The fourth-order valence-electron chi connectivity index (χ4n) is 2.85. The fourth-order valence-corrected chi connectivity index (χ4v) is 3.98. The van der Waals surface area contributed by atoms with Gasteiger partial charge in [-0.05, 0) is 36.1 Å². The van der Waals surface area contributed by atoms with E-state index in [0.29, 0.717) is 22.5 Å². The minimum Gasteiger partial charge on any atom is -0.279 e. The number of hydrogen-bond donors (Lipinski definition) is 0. The van der Waals surface area contributed by atoms with Crippen molar-refractivity contribution in [2.24, 2.45) is 0 Å². The van der Waals surface area contributed by atoms with Crippen molar-refractivity contribution in [2.75, 3.05) is 6.26 Å². The molecule has 0 radical (unpaired) electrons. The molecular formula is C18H16ClNO3S. The maximum absolute atomic E-state index is 13.1. The molecule has 0 amide bonds. The summed E-state index contributed by atoms with van der Waals surface area (Å²) < 4.78 is 25.7. The van der Waals surface area contributed by atoms with Crippen molar-refractivity contribution < 1.29 is 8.42 Å². The molecule has 2 aromatic carbocycles. The number of para-hydroxylation sites is 1. The van der Waals surface area contributed by atoms with Crippen molar-refractivity contribution in [3.63, 3.8) is 0 Å². The number of fused-ring (bicyclic) bond motifs is 1. The molecule has 0 saturated carbocycles. The fraction of sp³-hybridized carbons (Fsp3) is 0.167. The lowest BCUT2D eigenvalue weighted by molar-refractivity contribution is 0.601. The van der Waals surface area contributed by atoms with E-state index in [2.05, 4.69) is 0 Å². The largest absolute Gasteiger partial charge is 0.279 e. The molecule has 0 aliphatic carbocycles. The number of halogens is 1. The predicted molar refractivity (Wildman–Crippen MR) is 97.0 cm³/mol. The lowest BCUT2D eigenvalue weighted by Crippen LogP contribution is -2.24. The van der Waals surface area contributed by atoms with Crippen LogP contribution in [-0.2, 0) is 16.3 Å². The number of hydrogen-bond acceptors (Lipinski definition) is 3. The third-order valence-corrected chi connectivity index (χ3v) is 5.40. The summed E-state index contributed by atoms with van der Waals surface area (Å²) in [5.41, 5.74) is 0.764. The number of sulfone groups is 1. The molecule has 0 aliphatic rings. The minimum absolute atomic E-state index is 0.119. The molecule has 1 aromatic heterocycles. The summed E-state index contributed by atoms with van der Waals surface area (Å²) in [6, 6.07) is 13.7. The van der Waals surface area contributed by atoms with Gasteiger partial charge in [0.2, 0.25) is 0 Å². The zero-order valence-corrected chi connectivity index (χ0v) is 14.9. The second-order valence-corrected chi connectivity index (χ2v) is 7.97. The lowest BCUT2D eigenvalue weighted by atomic mass is 10.1. The molecule has 124 valence electrons. The van der Waals surface area contributed by atoms with Crippen molar-refractivity contribution >= 4 is 32.2 Å². The number of aromatic nitrogens is 1. The van der Waals surface area contributed by atoms with E-state index < -0.39 is 9.84 Å². The Bertz CT molecular complexity index is 1100. The molecule has 3 aromatic rings. The average Bonchev–Trinajstić information content (AvgIpc) is 2.53. The standard InChI is InChI=1S/C18H16ClNO3S/c1-3-13-11-12-7-6-8-14(19)17(12)18(21)20(13)15-9-4-5-10-16(15)24(2,22)23/h4-11H,3H2,1-2H3. The van der Waals surface area contributed by atoms with Crippen LogP contribution in [0.25, 0.3) is 16.5 Å². The first-order valence-corrected chi connectivity index (χ1v) is 9.74. The molecule has 4 nitrogen and oxygen atoms in total. The molecule has 0 N–H and O–H groups in total. The van der Waals surface area contributed by atoms with Crippen molar-refractivity contribution in [2.45, 2.75) is 18.2 Å². The van der Waals surface area contributed by atoms with Gasteiger partial charge in [0.15, 0.2) is 9.84 Å². The molecule has 0 fully saturated rings. The topological polar surface area (TPSA) is 56.1 Å². The molecule has 0 bridgehead atoms. The van der Waals surface area contributed by atoms with Crippen LogP contribution in [0.15, 0.2) is 58.2 Å². The van der Waals surface area contributed by atoms with E-state index in [0.717, 1.165) is 17.3 Å². The number of rotatable bonds is 3. The Balaban J connectivity index is 2.51. The molecule has 1 heterocycles. The summed E-state index contributed by atoms with van der Waals surface area (Å²) in [4.78, 5) is 13.2. The van der Waals surface area contributed by atoms with Crippen LogP contribution in [0.4, 0.5) is 0 Å². The summed E-state index contributed by atoms with van der Waals surface area (Å²) in [5, 5.41) is 1.49. The monoisotopic (exact) mass is 361 g/mol. The Morgan fingerprint density at radius 2 is 1.79 bits per heavy atom. The Kier molecular flexibility index (Phi) is 4.24. The maximum atomic E-state index is 13.1. The van der Waals surface area contributed by atoms with Gasteiger partial charge in [-0.15, -0.1) is 0 Å². The molecule has 0 atom stereocenters. The lowest BCUT2D eigenvalue weighted by Gasteiger charge is -2.16. The second kappa shape index (κ2) is 6.07. The maximum Gasteiger partial charge on any atom is 0.264 e. The third kappa shape index (κ3) is 2.74. The number of pyridine rings is 1. The van der Waals surface area contributed by atoms with Gasteiger partial charge >= 0.3 is 0 Å². The smallest absolute Gasteiger partial charge is 0.264 e. The highest BCUT2D eigenvalue weighted by Crippen LogP contribution is 2.25. The normalized spacial score (nSPS) is 11.8. The van der Waals surface area contributed by atoms with Crippen LogP contribution in [0, 0.1) is 0 Å². The van der Waals surface area contributed by atoms with Gasteiger partial charge in [0.1, 0.15) is 0 Å². The zero-order valence-electron chi connectivity index (χ0n) is 13.3. The summed E-state index contributed by atoms with van der Waals surface area (Å²) in [7, 11) is -3.48. The first-order chi connectivity index (χ1) is 11.3. The van der Waals surface area contributed by atoms with Gasteiger partial charge in [-0.1, -0.05) is 42.8 Å². The third-order valence-electron chi connectivity index (χ3n) is 3.94. The van der Waals surface area contributed by atoms with E-state index in [1.54, 1.807) is 30.3 Å². The van der Waals surface area contributed by atoms with E-state index in [1.165, 1.54) is 10.6 Å².